The Morgan fingerprint density at radius 2 is 2.25 bits per heavy atom. The van der Waals surface area contributed by atoms with Crippen LogP contribution in [0.5, 0.6) is 0 Å². The summed E-state index contributed by atoms with van der Waals surface area (Å²) in [5, 5.41) is 9.29. The number of halogens is 1. The number of carbonyl (C=O) groups is 2. The summed E-state index contributed by atoms with van der Waals surface area (Å²) in [5.74, 6) is -2.35. The summed E-state index contributed by atoms with van der Waals surface area (Å²) in [6, 6.07) is 5.24. The average molecular weight is 240 g/mol. The maximum Gasteiger partial charge on any atom is 0.317 e. The molecule has 0 bridgehead atoms. The van der Waals surface area contributed by atoms with E-state index in [1.54, 1.807) is 25.1 Å². The topological polar surface area (TPSA) is 57.6 Å². The fourth-order valence-electron chi connectivity index (χ4n) is 1.72. The van der Waals surface area contributed by atoms with Gasteiger partial charge in [0.2, 0.25) is 5.91 Å². The number of anilines is 1. The number of benzene rings is 1. The van der Waals surface area contributed by atoms with Gasteiger partial charge in [0.15, 0.2) is 5.92 Å². The molecule has 1 aromatic rings. The fraction of sp³-hybridized carbons (Fsp3) is 0.273. The zero-order valence-corrected chi connectivity index (χ0v) is 9.36. The van der Waals surface area contributed by atoms with Crippen molar-refractivity contribution in [1.82, 2.24) is 0 Å². The van der Waals surface area contributed by atoms with Gasteiger partial charge in [0.25, 0.3) is 0 Å². The van der Waals surface area contributed by atoms with Crippen LogP contribution >= 0.6 is 11.6 Å². The molecule has 1 saturated heterocycles. The maximum atomic E-state index is 11.6. The van der Waals surface area contributed by atoms with Gasteiger partial charge in [-0.1, -0.05) is 17.7 Å². The molecule has 1 aliphatic heterocycles. The molecule has 1 aromatic carbocycles. The van der Waals surface area contributed by atoms with Crippen LogP contribution in [-0.4, -0.2) is 23.5 Å². The van der Waals surface area contributed by atoms with Crippen molar-refractivity contribution in [2.75, 3.05) is 11.4 Å². The molecule has 1 N–H and O–H groups in total. The Kier molecular flexibility index (Phi) is 2.59. The minimum Gasteiger partial charge on any atom is -0.481 e. The molecule has 16 heavy (non-hydrogen) atoms. The molecule has 0 aromatic heterocycles. The van der Waals surface area contributed by atoms with Gasteiger partial charge >= 0.3 is 5.97 Å². The number of carboxylic acids is 1. The van der Waals surface area contributed by atoms with Crippen LogP contribution in [-0.2, 0) is 9.59 Å². The number of hydrogen-bond donors (Lipinski definition) is 1. The molecular formula is C11H10ClNO3. The van der Waals surface area contributed by atoms with Crippen molar-refractivity contribution < 1.29 is 14.7 Å². The van der Waals surface area contributed by atoms with E-state index in [2.05, 4.69) is 0 Å². The molecule has 1 amide bonds. The number of rotatable bonds is 2. The first-order valence-electron chi connectivity index (χ1n) is 4.81. The van der Waals surface area contributed by atoms with E-state index in [9.17, 15) is 9.59 Å². The van der Waals surface area contributed by atoms with E-state index in [1.807, 2.05) is 0 Å². The van der Waals surface area contributed by atoms with Crippen molar-refractivity contribution in [2.45, 2.75) is 6.92 Å². The van der Waals surface area contributed by atoms with E-state index in [1.165, 1.54) is 4.90 Å². The van der Waals surface area contributed by atoms with Crippen molar-refractivity contribution in [3.63, 3.8) is 0 Å². The van der Waals surface area contributed by atoms with Crippen LogP contribution in [0.25, 0.3) is 0 Å². The predicted octanol–water partition coefficient (Wildman–Crippen LogP) is 1.70. The van der Waals surface area contributed by atoms with Crippen LogP contribution in [0, 0.1) is 12.8 Å². The van der Waals surface area contributed by atoms with Crippen molar-refractivity contribution in [2.24, 2.45) is 5.92 Å². The maximum absolute atomic E-state index is 11.6. The lowest BCUT2D eigenvalue weighted by atomic mass is 9.97. The predicted molar refractivity (Wildman–Crippen MR) is 59.7 cm³/mol. The van der Waals surface area contributed by atoms with Gasteiger partial charge in [-0.3, -0.25) is 9.59 Å². The first-order chi connectivity index (χ1) is 7.52. The summed E-state index contributed by atoms with van der Waals surface area (Å²) in [6.07, 6.45) is 0. The second kappa shape index (κ2) is 3.79. The van der Waals surface area contributed by atoms with Crippen LogP contribution in [0.2, 0.25) is 5.02 Å². The fourth-order valence-corrected chi connectivity index (χ4v) is 1.89. The molecule has 2 rings (SSSR count). The van der Waals surface area contributed by atoms with E-state index >= 15 is 0 Å². The number of hydrogen-bond acceptors (Lipinski definition) is 2. The van der Waals surface area contributed by atoms with Gasteiger partial charge < -0.3 is 10.0 Å². The second-order valence-corrected chi connectivity index (χ2v) is 4.13. The zero-order valence-electron chi connectivity index (χ0n) is 8.61. The highest BCUT2D eigenvalue weighted by atomic mass is 35.5. The summed E-state index contributed by atoms with van der Waals surface area (Å²) >= 11 is 5.93. The number of carboxylic acid groups (broad SMARTS) is 1. The summed E-state index contributed by atoms with van der Waals surface area (Å²) in [5.41, 5.74) is 1.48. The van der Waals surface area contributed by atoms with Gasteiger partial charge in [-0.2, -0.15) is 0 Å². The Morgan fingerprint density at radius 1 is 1.56 bits per heavy atom. The number of β-lactam (4-membered cyclic amide) rings is 1. The average Bonchev–Trinajstić information content (AvgIpc) is 2.22. The molecule has 1 atom stereocenters. The summed E-state index contributed by atoms with van der Waals surface area (Å²) in [7, 11) is 0. The lowest BCUT2D eigenvalue weighted by molar-refractivity contribution is -0.149. The van der Waals surface area contributed by atoms with Crippen molar-refractivity contribution >= 4 is 29.2 Å². The van der Waals surface area contributed by atoms with E-state index in [4.69, 9.17) is 16.7 Å². The van der Waals surface area contributed by atoms with Gasteiger partial charge in [-0.15, -0.1) is 0 Å². The zero-order chi connectivity index (χ0) is 11.9. The Hall–Kier alpha value is -1.55. The standard InChI is InChI=1S/C11H10ClNO3/c1-6-8(12)3-2-4-9(6)13-5-7(10(13)14)11(15)16/h2-4,7H,5H2,1H3,(H,15,16). The number of aliphatic carboxylic acids is 1. The van der Waals surface area contributed by atoms with Crippen molar-refractivity contribution in [3.8, 4) is 0 Å². The van der Waals surface area contributed by atoms with Gasteiger partial charge in [-0.25, -0.2) is 0 Å². The van der Waals surface area contributed by atoms with Crippen LogP contribution in [0.15, 0.2) is 18.2 Å². The molecule has 4 nitrogen and oxygen atoms in total. The second-order valence-electron chi connectivity index (χ2n) is 3.72. The molecule has 1 aliphatic rings. The molecule has 84 valence electrons. The highest BCUT2D eigenvalue weighted by Gasteiger charge is 2.43. The van der Waals surface area contributed by atoms with Crippen molar-refractivity contribution in [1.29, 1.82) is 0 Å². The van der Waals surface area contributed by atoms with Crippen LogP contribution < -0.4 is 4.90 Å². The molecule has 1 heterocycles. The van der Waals surface area contributed by atoms with Gasteiger partial charge in [0.05, 0.1) is 0 Å². The quantitative estimate of drug-likeness (QED) is 0.631. The summed E-state index contributed by atoms with van der Waals surface area (Å²) in [6.45, 7) is 2.02. The number of carbonyl (C=O) groups excluding carboxylic acids is 1. The largest absolute Gasteiger partial charge is 0.481 e. The Balaban J connectivity index is 2.26. The van der Waals surface area contributed by atoms with Crippen LogP contribution in [0.4, 0.5) is 5.69 Å². The lowest BCUT2D eigenvalue weighted by Gasteiger charge is -2.36. The smallest absolute Gasteiger partial charge is 0.317 e. The number of nitrogens with zero attached hydrogens (tertiary/aromatic N) is 1. The van der Waals surface area contributed by atoms with E-state index < -0.39 is 11.9 Å². The van der Waals surface area contributed by atoms with Crippen molar-refractivity contribution in [3.05, 3.63) is 28.8 Å². The minimum absolute atomic E-state index is 0.218. The van der Waals surface area contributed by atoms with Gasteiger partial charge in [-0.05, 0) is 24.6 Å². The SMILES string of the molecule is Cc1c(Cl)cccc1N1CC(C(=O)O)C1=O. The first kappa shape index (κ1) is 11.0. The molecule has 5 heteroatoms. The third-order valence-electron chi connectivity index (χ3n) is 2.76. The normalized spacial score (nSPS) is 19.5. The molecule has 0 radical (unpaired) electrons. The van der Waals surface area contributed by atoms with E-state index in [0.29, 0.717) is 10.7 Å². The third-order valence-corrected chi connectivity index (χ3v) is 3.17. The van der Waals surface area contributed by atoms with E-state index in [0.717, 1.165) is 5.56 Å². The molecule has 1 fully saturated rings. The van der Waals surface area contributed by atoms with Gasteiger partial charge in [0, 0.05) is 17.3 Å². The van der Waals surface area contributed by atoms with E-state index in [-0.39, 0.29) is 12.5 Å². The molecule has 0 saturated carbocycles. The Bertz CT molecular complexity index is 472. The monoisotopic (exact) mass is 239 g/mol. The van der Waals surface area contributed by atoms with Crippen LogP contribution in [0.1, 0.15) is 5.56 Å². The highest BCUT2D eigenvalue weighted by Crippen LogP contribution is 2.32. The highest BCUT2D eigenvalue weighted by molar-refractivity contribution is 6.32. The Morgan fingerprint density at radius 3 is 2.81 bits per heavy atom. The van der Waals surface area contributed by atoms with Crippen LogP contribution in [0.3, 0.4) is 0 Å². The summed E-state index contributed by atoms with van der Waals surface area (Å²) in [4.78, 5) is 23.7. The van der Waals surface area contributed by atoms with Gasteiger partial charge in [0.1, 0.15) is 0 Å². The molecular weight excluding hydrogens is 230 g/mol. The number of amides is 1. The first-order valence-corrected chi connectivity index (χ1v) is 5.19. The molecule has 1 unspecified atom stereocenters. The summed E-state index contributed by atoms with van der Waals surface area (Å²) < 4.78 is 0. The Labute approximate surface area is 97.4 Å². The molecule has 0 aliphatic carbocycles. The molecule has 0 spiro atoms. The lowest BCUT2D eigenvalue weighted by Crippen LogP contribution is -2.56. The minimum atomic E-state index is -1.07. The third kappa shape index (κ3) is 1.55.